The second-order valence-corrected chi connectivity index (χ2v) is 4.34. The normalized spacial score (nSPS) is 13.9. The molecule has 0 aromatic heterocycles. The average Bonchev–Trinajstić information content (AvgIpc) is 2.44. The van der Waals surface area contributed by atoms with Crippen LogP contribution in [-0.4, -0.2) is 33.5 Å². The Labute approximate surface area is 116 Å². The molecule has 19 heavy (non-hydrogen) atoms. The quantitative estimate of drug-likeness (QED) is 0.786. The van der Waals surface area contributed by atoms with Gasteiger partial charge in [0.1, 0.15) is 11.5 Å². The van der Waals surface area contributed by atoms with Gasteiger partial charge in [0, 0.05) is 12.7 Å². The van der Waals surface area contributed by atoms with Crippen molar-refractivity contribution in [2.75, 3.05) is 27.4 Å². The zero-order chi connectivity index (χ0) is 14.3. The third kappa shape index (κ3) is 4.40. The van der Waals surface area contributed by atoms with Crippen LogP contribution in [0.4, 0.5) is 0 Å². The maximum Gasteiger partial charge on any atom is 0.122 e. The SMILES string of the molecule is CCNC(c1cc(OC)cc(OC)c1)C(C)OCC. The van der Waals surface area contributed by atoms with E-state index in [2.05, 4.69) is 19.2 Å². The lowest BCUT2D eigenvalue weighted by Gasteiger charge is -2.25. The van der Waals surface area contributed by atoms with E-state index in [1.165, 1.54) is 0 Å². The second-order valence-electron chi connectivity index (χ2n) is 4.34. The van der Waals surface area contributed by atoms with Crippen LogP contribution >= 0.6 is 0 Å². The van der Waals surface area contributed by atoms with Crippen molar-refractivity contribution >= 4 is 0 Å². The standard InChI is InChI=1S/C15H25NO3/c1-6-16-15(11(3)19-7-2)12-8-13(17-4)10-14(9-12)18-5/h8-11,15-16H,6-7H2,1-5H3. The summed E-state index contributed by atoms with van der Waals surface area (Å²) >= 11 is 0. The first kappa shape index (κ1) is 15.8. The Balaban J connectivity index is 3.06. The first-order valence-electron chi connectivity index (χ1n) is 6.74. The summed E-state index contributed by atoms with van der Waals surface area (Å²) in [4.78, 5) is 0. The predicted octanol–water partition coefficient (Wildman–Crippen LogP) is 2.78. The molecular weight excluding hydrogens is 242 g/mol. The van der Waals surface area contributed by atoms with Crippen LogP contribution in [0.15, 0.2) is 18.2 Å². The number of hydrogen-bond donors (Lipinski definition) is 1. The Hall–Kier alpha value is -1.26. The Bertz CT molecular complexity index is 359. The lowest BCUT2D eigenvalue weighted by atomic mass is 10.0. The van der Waals surface area contributed by atoms with Crippen molar-refractivity contribution in [1.29, 1.82) is 0 Å². The fourth-order valence-corrected chi connectivity index (χ4v) is 2.14. The maximum absolute atomic E-state index is 5.71. The Morgan fingerprint density at radius 1 is 1.05 bits per heavy atom. The summed E-state index contributed by atoms with van der Waals surface area (Å²) in [6.07, 6.45) is 0.0850. The van der Waals surface area contributed by atoms with Gasteiger partial charge in [-0.3, -0.25) is 0 Å². The van der Waals surface area contributed by atoms with E-state index < -0.39 is 0 Å². The number of rotatable bonds is 8. The van der Waals surface area contributed by atoms with E-state index in [4.69, 9.17) is 14.2 Å². The van der Waals surface area contributed by atoms with Crippen LogP contribution in [-0.2, 0) is 4.74 Å². The molecule has 2 unspecified atom stereocenters. The summed E-state index contributed by atoms with van der Waals surface area (Å²) in [6, 6.07) is 6.03. The smallest absolute Gasteiger partial charge is 0.122 e. The molecule has 0 heterocycles. The Morgan fingerprint density at radius 2 is 1.63 bits per heavy atom. The summed E-state index contributed by atoms with van der Waals surface area (Å²) in [7, 11) is 3.32. The molecule has 4 heteroatoms. The van der Waals surface area contributed by atoms with Crippen LogP contribution in [0.25, 0.3) is 0 Å². The fraction of sp³-hybridized carbons (Fsp3) is 0.600. The molecule has 2 atom stereocenters. The third-order valence-electron chi connectivity index (χ3n) is 3.06. The second kappa shape index (κ2) is 8.02. The Morgan fingerprint density at radius 3 is 2.05 bits per heavy atom. The van der Waals surface area contributed by atoms with Crippen molar-refractivity contribution in [2.24, 2.45) is 0 Å². The van der Waals surface area contributed by atoms with Crippen LogP contribution in [0.3, 0.4) is 0 Å². The molecule has 0 spiro atoms. The van der Waals surface area contributed by atoms with Crippen LogP contribution < -0.4 is 14.8 Å². The van der Waals surface area contributed by atoms with E-state index in [0.29, 0.717) is 6.61 Å². The Kier molecular flexibility index (Phi) is 6.67. The topological polar surface area (TPSA) is 39.7 Å². The van der Waals surface area contributed by atoms with Crippen molar-refractivity contribution in [3.63, 3.8) is 0 Å². The van der Waals surface area contributed by atoms with Crippen molar-refractivity contribution in [1.82, 2.24) is 5.32 Å². The van der Waals surface area contributed by atoms with E-state index in [0.717, 1.165) is 23.6 Å². The van der Waals surface area contributed by atoms with Gasteiger partial charge in [-0.2, -0.15) is 0 Å². The zero-order valence-electron chi connectivity index (χ0n) is 12.5. The molecule has 0 amide bonds. The first-order chi connectivity index (χ1) is 9.15. The average molecular weight is 267 g/mol. The molecule has 0 radical (unpaired) electrons. The zero-order valence-corrected chi connectivity index (χ0v) is 12.5. The van der Waals surface area contributed by atoms with E-state index in [1.54, 1.807) is 14.2 Å². The molecular formula is C15H25NO3. The summed E-state index contributed by atoms with van der Waals surface area (Å²) < 4.78 is 16.3. The monoisotopic (exact) mass is 267 g/mol. The minimum absolute atomic E-state index is 0.0850. The summed E-state index contributed by atoms with van der Waals surface area (Å²) in [6.45, 7) is 7.74. The molecule has 1 aromatic rings. The van der Waals surface area contributed by atoms with Crippen molar-refractivity contribution in [3.8, 4) is 11.5 Å². The first-order valence-corrected chi connectivity index (χ1v) is 6.74. The lowest BCUT2D eigenvalue weighted by molar-refractivity contribution is 0.0476. The molecule has 0 aliphatic rings. The number of methoxy groups -OCH3 is 2. The number of nitrogens with one attached hydrogen (secondary N) is 1. The molecule has 0 aliphatic carbocycles. The number of hydrogen-bond acceptors (Lipinski definition) is 4. The summed E-state index contributed by atoms with van der Waals surface area (Å²) in [5.74, 6) is 1.59. The highest BCUT2D eigenvalue weighted by molar-refractivity contribution is 5.40. The van der Waals surface area contributed by atoms with E-state index in [9.17, 15) is 0 Å². The van der Waals surface area contributed by atoms with Crippen molar-refractivity contribution in [2.45, 2.75) is 32.9 Å². The molecule has 1 N–H and O–H groups in total. The van der Waals surface area contributed by atoms with Crippen molar-refractivity contribution in [3.05, 3.63) is 23.8 Å². The number of likely N-dealkylation sites (N-methyl/N-ethyl adjacent to an activating group) is 1. The van der Waals surface area contributed by atoms with E-state index in [-0.39, 0.29) is 12.1 Å². The molecule has 0 aliphatic heterocycles. The van der Waals surface area contributed by atoms with Crippen LogP contribution in [0, 0.1) is 0 Å². The van der Waals surface area contributed by atoms with Crippen LogP contribution in [0.1, 0.15) is 32.4 Å². The molecule has 0 fully saturated rings. The molecule has 108 valence electrons. The van der Waals surface area contributed by atoms with Gasteiger partial charge in [0.25, 0.3) is 0 Å². The molecule has 4 nitrogen and oxygen atoms in total. The van der Waals surface area contributed by atoms with Gasteiger partial charge in [-0.05, 0) is 38.1 Å². The van der Waals surface area contributed by atoms with Gasteiger partial charge >= 0.3 is 0 Å². The van der Waals surface area contributed by atoms with Gasteiger partial charge in [0.2, 0.25) is 0 Å². The predicted molar refractivity (Wildman–Crippen MR) is 77.1 cm³/mol. The van der Waals surface area contributed by atoms with Gasteiger partial charge in [-0.25, -0.2) is 0 Å². The van der Waals surface area contributed by atoms with E-state index in [1.807, 2.05) is 25.1 Å². The minimum Gasteiger partial charge on any atom is -0.497 e. The molecule has 0 saturated carbocycles. The minimum atomic E-state index is 0.0850. The van der Waals surface area contributed by atoms with Gasteiger partial charge < -0.3 is 19.5 Å². The van der Waals surface area contributed by atoms with Crippen molar-refractivity contribution < 1.29 is 14.2 Å². The third-order valence-corrected chi connectivity index (χ3v) is 3.06. The highest BCUT2D eigenvalue weighted by Gasteiger charge is 2.20. The molecule has 0 bridgehead atoms. The van der Waals surface area contributed by atoms with Gasteiger partial charge in [-0.15, -0.1) is 0 Å². The van der Waals surface area contributed by atoms with Gasteiger partial charge in [0.15, 0.2) is 0 Å². The number of benzene rings is 1. The maximum atomic E-state index is 5.71. The van der Waals surface area contributed by atoms with E-state index >= 15 is 0 Å². The van der Waals surface area contributed by atoms with Gasteiger partial charge in [-0.1, -0.05) is 6.92 Å². The highest BCUT2D eigenvalue weighted by atomic mass is 16.5. The van der Waals surface area contributed by atoms with Gasteiger partial charge in [0.05, 0.1) is 26.4 Å². The highest BCUT2D eigenvalue weighted by Crippen LogP contribution is 2.28. The number of ether oxygens (including phenoxy) is 3. The molecule has 1 rings (SSSR count). The lowest BCUT2D eigenvalue weighted by Crippen LogP contribution is -2.32. The van der Waals surface area contributed by atoms with Crippen LogP contribution in [0.2, 0.25) is 0 Å². The van der Waals surface area contributed by atoms with Crippen LogP contribution in [0.5, 0.6) is 11.5 Å². The summed E-state index contributed by atoms with van der Waals surface area (Å²) in [5, 5.41) is 3.45. The molecule has 1 aromatic carbocycles. The summed E-state index contributed by atoms with van der Waals surface area (Å²) in [5.41, 5.74) is 1.11. The molecule has 0 saturated heterocycles. The largest absolute Gasteiger partial charge is 0.497 e. The fourth-order valence-electron chi connectivity index (χ4n) is 2.14.